The van der Waals surface area contributed by atoms with Gasteiger partial charge in [0.05, 0.1) is 26.3 Å². The minimum atomic E-state index is -0.617. The molecule has 0 unspecified atom stereocenters. The molecule has 1 aromatic heterocycles. The molecule has 1 amide bonds. The number of ether oxygens (including phenoxy) is 1. The van der Waals surface area contributed by atoms with Crippen LogP contribution in [0.15, 0.2) is 30.3 Å². The first kappa shape index (κ1) is 21.2. The van der Waals surface area contributed by atoms with Crippen LogP contribution in [0.25, 0.3) is 10.2 Å². The molecule has 0 saturated heterocycles. The first-order valence-electron chi connectivity index (χ1n) is 8.08. The number of amides is 1. The number of nitrogens with one attached hydrogen (secondary N) is 2. The number of halogens is 2. The molecule has 0 fully saturated rings. The minimum absolute atomic E-state index is 0.0205. The Morgan fingerprint density at radius 3 is 2.79 bits per heavy atom. The van der Waals surface area contributed by atoms with Crippen LogP contribution in [-0.4, -0.2) is 27.5 Å². The third-order valence-corrected chi connectivity index (χ3v) is 5.55. The molecule has 1 heterocycles. The van der Waals surface area contributed by atoms with Crippen molar-refractivity contribution in [2.45, 2.75) is 6.92 Å². The number of aromatic nitrogens is 1. The number of carbonyl (C=O) groups excluding carboxylic acids is 1. The third kappa shape index (κ3) is 4.73. The summed E-state index contributed by atoms with van der Waals surface area (Å²) in [5.41, 5.74) is 0.266. The lowest BCUT2D eigenvalue weighted by molar-refractivity contribution is -0.385. The van der Waals surface area contributed by atoms with E-state index in [0.29, 0.717) is 20.7 Å². The van der Waals surface area contributed by atoms with Gasteiger partial charge in [-0.15, -0.1) is 0 Å². The smallest absolute Gasteiger partial charge is 0.311 e. The lowest BCUT2D eigenvalue weighted by atomic mass is 10.1. The maximum atomic E-state index is 12.4. The van der Waals surface area contributed by atoms with Gasteiger partial charge in [-0.2, -0.15) is 0 Å². The van der Waals surface area contributed by atoms with Gasteiger partial charge in [-0.05, 0) is 43.4 Å². The number of hydrogen-bond acceptors (Lipinski definition) is 7. The zero-order valence-corrected chi connectivity index (χ0v) is 17.8. The molecule has 3 aromatic rings. The molecule has 29 heavy (non-hydrogen) atoms. The van der Waals surface area contributed by atoms with Gasteiger partial charge < -0.3 is 10.1 Å². The topological polar surface area (TPSA) is 106 Å². The second kappa shape index (κ2) is 8.87. The van der Waals surface area contributed by atoms with E-state index in [4.69, 9.17) is 40.2 Å². The summed E-state index contributed by atoms with van der Waals surface area (Å²) < 4.78 is 5.99. The van der Waals surface area contributed by atoms with E-state index in [-0.39, 0.29) is 28.7 Å². The number of thiocarbonyl (C=S) groups is 1. The number of rotatable bonds is 5. The lowest BCUT2D eigenvalue weighted by Gasteiger charge is -2.08. The first-order chi connectivity index (χ1) is 13.8. The van der Waals surface area contributed by atoms with E-state index in [9.17, 15) is 14.9 Å². The van der Waals surface area contributed by atoms with Crippen LogP contribution >= 0.6 is 46.8 Å². The van der Waals surface area contributed by atoms with Crippen molar-refractivity contribution in [3.05, 3.63) is 56.1 Å². The highest BCUT2D eigenvalue weighted by Gasteiger charge is 2.19. The number of nitro groups is 1. The summed E-state index contributed by atoms with van der Waals surface area (Å²) in [6.07, 6.45) is 0. The average Bonchev–Trinajstić information content (AvgIpc) is 3.08. The van der Waals surface area contributed by atoms with E-state index in [0.717, 1.165) is 10.8 Å². The summed E-state index contributed by atoms with van der Waals surface area (Å²) in [6, 6.07) is 7.34. The predicted molar refractivity (Wildman–Crippen MR) is 118 cm³/mol. The fourth-order valence-electron chi connectivity index (χ4n) is 2.37. The summed E-state index contributed by atoms with van der Waals surface area (Å²) in [6.45, 7) is 1.97. The predicted octanol–water partition coefficient (Wildman–Crippen LogP) is 5.04. The Morgan fingerprint density at radius 2 is 2.10 bits per heavy atom. The van der Waals surface area contributed by atoms with Crippen LogP contribution in [0, 0.1) is 10.1 Å². The second-order valence-electron chi connectivity index (χ2n) is 5.51. The van der Waals surface area contributed by atoms with E-state index in [1.807, 2.05) is 0 Å². The molecule has 0 aliphatic carbocycles. The largest absolute Gasteiger partial charge is 0.487 e. The molecule has 0 bridgehead atoms. The van der Waals surface area contributed by atoms with Crippen molar-refractivity contribution in [2.75, 3.05) is 11.9 Å². The summed E-state index contributed by atoms with van der Waals surface area (Å²) in [7, 11) is 0. The molecule has 8 nitrogen and oxygen atoms in total. The first-order valence-corrected chi connectivity index (χ1v) is 10.1. The normalized spacial score (nSPS) is 10.6. The molecule has 150 valence electrons. The van der Waals surface area contributed by atoms with Gasteiger partial charge in [-0.25, -0.2) is 4.98 Å². The monoisotopic (exact) mass is 470 g/mol. The number of hydrogen-bond donors (Lipinski definition) is 2. The van der Waals surface area contributed by atoms with Crippen LogP contribution < -0.4 is 15.4 Å². The van der Waals surface area contributed by atoms with Crippen molar-refractivity contribution < 1.29 is 14.5 Å². The van der Waals surface area contributed by atoms with Gasteiger partial charge in [0, 0.05) is 11.6 Å². The molecule has 2 aromatic carbocycles. The molecule has 0 saturated carbocycles. The molecule has 12 heteroatoms. The summed E-state index contributed by atoms with van der Waals surface area (Å²) in [5, 5.41) is 17.5. The molecular formula is C17H12Cl2N4O4S2. The highest BCUT2D eigenvalue weighted by Crippen LogP contribution is 2.35. The van der Waals surface area contributed by atoms with Crippen LogP contribution in [0.3, 0.4) is 0 Å². The Balaban J connectivity index is 1.74. The van der Waals surface area contributed by atoms with Crippen molar-refractivity contribution >= 4 is 78.8 Å². The van der Waals surface area contributed by atoms with Gasteiger partial charge in [-0.1, -0.05) is 34.5 Å². The SMILES string of the molecule is CCOc1ccc(C(=O)NC(=S)Nc2nc3c(Cl)c(Cl)ccc3s2)cc1[N+](=O)[O-]. The molecule has 0 atom stereocenters. The fraction of sp³-hybridized carbons (Fsp3) is 0.118. The number of nitrogens with zero attached hydrogens (tertiary/aromatic N) is 2. The van der Waals surface area contributed by atoms with Crippen LogP contribution in [0.5, 0.6) is 5.75 Å². The van der Waals surface area contributed by atoms with Gasteiger partial charge in [0.25, 0.3) is 5.91 Å². The summed E-state index contributed by atoms with van der Waals surface area (Å²) in [5.74, 6) is -0.532. The molecular weight excluding hydrogens is 459 g/mol. The maximum absolute atomic E-state index is 12.4. The van der Waals surface area contributed by atoms with Gasteiger partial charge in [-0.3, -0.25) is 20.2 Å². The Bertz CT molecular complexity index is 1140. The molecule has 0 radical (unpaired) electrons. The summed E-state index contributed by atoms with van der Waals surface area (Å²) >= 11 is 18.5. The molecule has 0 spiro atoms. The average molecular weight is 471 g/mol. The molecule has 3 rings (SSSR count). The van der Waals surface area contributed by atoms with Gasteiger partial charge in [0.1, 0.15) is 5.52 Å². The highest BCUT2D eigenvalue weighted by molar-refractivity contribution is 7.80. The highest BCUT2D eigenvalue weighted by atomic mass is 35.5. The fourth-order valence-corrected chi connectivity index (χ4v) is 3.92. The Hall–Kier alpha value is -2.53. The Labute approximate surface area is 183 Å². The van der Waals surface area contributed by atoms with E-state index in [1.165, 1.54) is 23.5 Å². The van der Waals surface area contributed by atoms with Crippen LogP contribution in [0.4, 0.5) is 10.8 Å². The number of fused-ring (bicyclic) bond motifs is 1. The standard InChI is InChI=1S/C17H12Cl2N4O4S2/c1-2-27-11-5-3-8(7-10(11)23(25)26)15(24)21-16(28)22-17-20-14-12(29-17)6-4-9(18)13(14)19/h3-7H,2H2,1H3,(H2,20,21,22,24,28). The van der Waals surface area contributed by atoms with Crippen LogP contribution in [-0.2, 0) is 0 Å². The Morgan fingerprint density at radius 1 is 1.34 bits per heavy atom. The Kier molecular flexibility index (Phi) is 6.48. The molecule has 2 N–H and O–H groups in total. The van der Waals surface area contributed by atoms with E-state index < -0.39 is 10.8 Å². The maximum Gasteiger partial charge on any atom is 0.311 e. The van der Waals surface area contributed by atoms with Crippen molar-refractivity contribution in [3.63, 3.8) is 0 Å². The number of carbonyl (C=O) groups is 1. The zero-order valence-electron chi connectivity index (χ0n) is 14.7. The number of anilines is 1. The number of benzene rings is 2. The van der Waals surface area contributed by atoms with Crippen LogP contribution in [0.2, 0.25) is 10.0 Å². The minimum Gasteiger partial charge on any atom is -0.487 e. The number of nitro benzene ring substituents is 1. The quantitative estimate of drug-likeness (QED) is 0.305. The van der Waals surface area contributed by atoms with Gasteiger partial charge in [0.2, 0.25) is 0 Å². The third-order valence-electron chi connectivity index (χ3n) is 3.62. The van der Waals surface area contributed by atoms with E-state index >= 15 is 0 Å². The van der Waals surface area contributed by atoms with Gasteiger partial charge >= 0.3 is 5.69 Å². The van der Waals surface area contributed by atoms with Crippen molar-refractivity contribution in [2.24, 2.45) is 0 Å². The lowest BCUT2D eigenvalue weighted by Crippen LogP contribution is -2.34. The molecule has 0 aliphatic heterocycles. The van der Waals surface area contributed by atoms with E-state index in [2.05, 4.69) is 15.6 Å². The van der Waals surface area contributed by atoms with Crippen molar-refractivity contribution in [3.8, 4) is 5.75 Å². The molecule has 0 aliphatic rings. The van der Waals surface area contributed by atoms with Crippen LogP contribution in [0.1, 0.15) is 17.3 Å². The van der Waals surface area contributed by atoms with Crippen molar-refractivity contribution in [1.82, 2.24) is 10.3 Å². The summed E-state index contributed by atoms with van der Waals surface area (Å²) in [4.78, 5) is 27.3. The van der Waals surface area contributed by atoms with Gasteiger partial charge in [0.15, 0.2) is 16.0 Å². The second-order valence-corrected chi connectivity index (χ2v) is 7.73. The zero-order chi connectivity index (χ0) is 21.1. The van der Waals surface area contributed by atoms with Crippen molar-refractivity contribution in [1.29, 1.82) is 0 Å². The number of thiazole rings is 1. The van der Waals surface area contributed by atoms with E-state index in [1.54, 1.807) is 19.1 Å².